The molecule has 0 N–H and O–H groups in total. The van der Waals surface area contributed by atoms with Gasteiger partial charge >= 0.3 is 0 Å². The summed E-state index contributed by atoms with van der Waals surface area (Å²) in [5, 5.41) is -1.04. The van der Waals surface area contributed by atoms with Crippen molar-refractivity contribution in [3.8, 4) is 0 Å². The van der Waals surface area contributed by atoms with E-state index in [2.05, 4.69) is 0 Å². The molecular formula is C6H5Cl5. The van der Waals surface area contributed by atoms with Gasteiger partial charge in [-0.3, -0.25) is 0 Å². The standard InChI is InChI=1S/C6H5Cl5/c7-2-1-3(8)5(10)6(11)4(2)9/h1-2,4-6H/t2-,4+,5-,6-/m0/s1. The van der Waals surface area contributed by atoms with E-state index in [0.717, 1.165) is 0 Å². The Morgan fingerprint density at radius 2 is 1.55 bits per heavy atom. The number of allylic oxidation sites excluding steroid dienone is 2. The Morgan fingerprint density at radius 1 is 1.00 bits per heavy atom. The van der Waals surface area contributed by atoms with Crippen molar-refractivity contribution in [3.05, 3.63) is 11.1 Å². The maximum Gasteiger partial charge on any atom is 0.0867 e. The van der Waals surface area contributed by atoms with E-state index in [9.17, 15) is 0 Å². The molecule has 0 aromatic rings. The van der Waals surface area contributed by atoms with E-state index in [4.69, 9.17) is 58.0 Å². The molecule has 0 nitrogen and oxygen atoms in total. The van der Waals surface area contributed by atoms with Crippen molar-refractivity contribution in [2.24, 2.45) is 0 Å². The van der Waals surface area contributed by atoms with E-state index in [0.29, 0.717) is 5.03 Å². The highest BCUT2D eigenvalue weighted by Crippen LogP contribution is 2.35. The molecule has 0 amide bonds. The second-order valence-electron chi connectivity index (χ2n) is 2.29. The maximum absolute atomic E-state index is 5.83. The van der Waals surface area contributed by atoms with Gasteiger partial charge in [-0.25, -0.2) is 0 Å². The lowest BCUT2D eigenvalue weighted by Crippen LogP contribution is -2.36. The molecule has 0 aromatic carbocycles. The molecule has 0 fully saturated rings. The third kappa shape index (κ3) is 2.10. The minimum absolute atomic E-state index is 0.332. The molecule has 64 valence electrons. The fraction of sp³-hybridized carbons (Fsp3) is 0.667. The Labute approximate surface area is 90.4 Å². The van der Waals surface area contributed by atoms with E-state index in [1.165, 1.54) is 0 Å². The Bertz CT molecular complexity index is 178. The van der Waals surface area contributed by atoms with E-state index in [1.54, 1.807) is 6.08 Å². The largest absolute Gasteiger partial charge is 0.119 e. The Balaban J connectivity index is 2.83. The zero-order chi connectivity index (χ0) is 8.59. The molecule has 5 heteroatoms. The SMILES string of the molecule is ClC1=C[C@H](Cl)[C@@H](Cl)[C@H](Cl)[C@H]1Cl. The highest BCUT2D eigenvalue weighted by Gasteiger charge is 2.35. The van der Waals surface area contributed by atoms with Gasteiger partial charge in [-0.1, -0.05) is 11.6 Å². The lowest BCUT2D eigenvalue weighted by atomic mass is 10.1. The summed E-state index contributed by atoms with van der Waals surface area (Å²) in [5.74, 6) is 0. The number of rotatable bonds is 0. The average molecular weight is 254 g/mol. The summed E-state index contributed by atoms with van der Waals surface area (Å²) in [6, 6.07) is 0. The van der Waals surface area contributed by atoms with Crippen LogP contribution >= 0.6 is 58.0 Å². The van der Waals surface area contributed by atoms with Crippen molar-refractivity contribution in [3.63, 3.8) is 0 Å². The number of alkyl halides is 4. The average Bonchev–Trinajstić information content (AvgIpc) is 1.97. The van der Waals surface area contributed by atoms with Gasteiger partial charge in [-0.05, 0) is 6.08 Å². The van der Waals surface area contributed by atoms with Crippen molar-refractivity contribution in [2.75, 3.05) is 0 Å². The third-order valence-corrected chi connectivity index (χ3v) is 4.30. The van der Waals surface area contributed by atoms with Crippen LogP contribution in [-0.4, -0.2) is 21.5 Å². The number of halogens is 5. The summed E-state index contributed by atoms with van der Waals surface area (Å²) in [5.41, 5.74) is 0. The maximum atomic E-state index is 5.83. The normalized spacial score (nSPS) is 45.4. The lowest BCUT2D eigenvalue weighted by Gasteiger charge is -2.27. The summed E-state index contributed by atoms with van der Waals surface area (Å²) in [7, 11) is 0. The topological polar surface area (TPSA) is 0 Å². The van der Waals surface area contributed by atoms with Gasteiger partial charge < -0.3 is 0 Å². The zero-order valence-electron chi connectivity index (χ0n) is 5.28. The minimum Gasteiger partial charge on any atom is -0.119 e. The van der Waals surface area contributed by atoms with Crippen LogP contribution in [0.3, 0.4) is 0 Å². The monoisotopic (exact) mass is 252 g/mol. The van der Waals surface area contributed by atoms with Gasteiger partial charge in [0.05, 0.1) is 21.5 Å². The van der Waals surface area contributed by atoms with Crippen LogP contribution in [0.4, 0.5) is 0 Å². The first-order chi connectivity index (χ1) is 5.04. The second kappa shape index (κ2) is 3.93. The lowest BCUT2D eigenvalue weighted by molar-refractivity contribution is 0.751. The molecule has 0 saturated heterocycles. The Hall–Kier alpha value is 1.19. The first kappa shape index (κ1) is 10.3. The first-order valence-corrected chi connectivity index (χ1v) is 5.10. The van der Waals surface area contributed by atoms with Crippen LogP contribution in [0.1, 0.15) is 0 Å². The fourth-order valence-corrected chi connectivity index (χ4v) is 2.41. The van der Waals surface area contributed by atoms with Crippen LogP contribution in [-0.2, 0) is 0 Å². The van der Waals surface area contributed by atoms with Crippen molar-refractivity contribution >= 4 is 58.0 Å². The Morgan fingerprint density at radius 3 is 2.09 bits per heavy atom. The molecule has 1 rings (SSSR count). The molecule has 1 aliphatic carbocycles. The molecule has 0 unspecified atom stereocenters. The van der Waals surface area contributed by atoms with Crippen molar-refractivity contribution < 1.29 is 0 Å². The van der Waals surface area contributed by atoms with Gasteiger partial charge in [0, 0.05) is 5.03 Å². The van der Waals surface area contributed by atoms with Gasteiger partial charge in [0.1, 0.15) is 0 Å². The quantitative estimate of drug-likeness (QED) is 0.580. The van der Waals surface area contributed by atoms with Crippen LogP contribution in [0.2, 0.25) is 0 Å². The van der Waals surface area contributed by atoms with E-state index in [1.807, 2.05) is 0 Å². The van der Waals surface area contributed by atoms with E-state index < -0.39 is 10.8 Å². The summed E-state index contributed by atoms with van der Waals surface area (Å²) in [4.78, 5) is 0. The molecule has 0 heterocycles. The first-order valence-electron chi connectivity index (χ1n) is 2.97. The molecule has 0 saturated carbocycles. The molecule has 0 aliphatic heterocycles. The Kier molecular flexibility index (Phi) is 3.67. The molecule has 0 bridgehead atoms. The van der Waals surface area contributed by atoms with Crippen molar-refractivity contribution in [1.82, 2.24) is 0 Å². The second-order valence-corrected chi connectivity index (χ2v) is 4.71. The van der Waals surface area contributed by atoms with Gasteiger partial charge in [-0.2, -0.15) is 0 Å². The van der Waals surface area contributed by atoms with Gasteiger partial charge in [-0.15, -0.1) is 46.4 Å². The molecule has 4 atom stereocenters. The van der Waals surface area contributed by atoms with Crippen LogP contribution < -0.4 is 0 Å². The van der Waals surface area contributed by atoms with Crippen LogP contribution in [0.15, 0.2) is 11.1 Å². The number of hydrogen-bond donors (Lipinski definition) is 0. The van der Waals surface area contributed by atoms with Crippen LogP contribution in [0, 0.1) is 0 Å². The zero-order valence-corrected chi connectivity index (χ0v) is 9.06. The summed E-state index contributed by atoms with van der Waals surface area (Å²) in [6.07, 6.45) is 1.62. The highest BCUT2D eigenvalue weighted by atomic mass is 35.5. The summed E-state index contributed by atoms with van der Waals surface area (Å²) < 4.78 is 0. The summed E-state index contributed by atoms with van der Waals surface area (Å²) in [6.45, 7) is 0. The molecule has 0 radical (unpaired) electrons. The fourth-order valence-electron chi connectivity index (χ4n) is 0.825. The minimum atomic E-state index is -0.421. The molecule has 1 aliphatic rings. The van der Waals surface area contributed by atoms with Crippen molar-refractivity contribution in [1.29, 1.82) is 0 Å². The van der Waals surface area contributed by atoms with Gasteiger partial charge in [0.25, 0.3) is 0 Å². The van der Waals surface area contributed by atoms with Crippen molar-refractivity contribution in [2.45, 2.75) is 21.5 Å². The predicted octanol–water partition coefficient (Wildman–Crippen LogP) is 3.55. The molecule has 11 heavy (non-hydrogen) atoms. The smallest absolute Gasteiger partial charge is 0.0867 e. The van der Waals surface area contributed by atoms with Crippen LogP contribution in [0.25, 0.3) is 0 Å². The van der Waals surface area contributed by atoms with E-state index in [-0.39, 0.29) is 10.8 Å². The van der Waals surface area contributed by atoms with Gasteiger partial charge in [0.15, 0.2) is 0 Å². The molecule has 0 spiro atoms. The highest BCUT2D eigenvalue weighted by molar-refractivity contribution is 6.44. The third-order valence-electron chi connectivity index (χ3n) is 1.47. The van der Waals surface area contributed by atoms with E-state index >= 15 is 0 Å². The van der Waals surface area contributed by atoms with Crippen LogP contribution in [0.5, 0.6) is 0 Å². The van der Waals surface area contributed by atoms with Gasteiger partial charge in [0.2, 0.25) is 0 Å². The predicted molar refractivity (Wildman–Crippen MR) is 52.5 cm³/mol. The molecule has 0 aromatic heterocycles. The molecular weight excluding hydrogens is 249 g/mol. The summed E-state index contributed by atoms with van der Waals surface area (Å²) >= 11 is 29.0. The number of hydrogen-bond acceptors (Lipinski definition) is 0.